The number of methoxy groups -OCH3 is 2. The van der Waals surface area contributed by atoms with Crippen LogP contribution >= 0.6 is 0 Å². The second-order valence-electron chi connectivity index (χ2n) is 6.34. The van der Waals surface area contributed by atoms with Gasteiger partial charge in [-0.1, -0.05) is 0 Å². The summed E-state index contributed by atoms with van der Waals surface area (Å²) < 4.78 is 40.8. The van der Waals surface area contributed by atoms with Crippen molar-refractivity contribution < 1.29 is 17.9 Å². The molecule has 7 heteroatoms. The van der Waals surface area contributed by atoms with Crippen LogP contribution in [-0.4, -0.2) is 27.2 Å². The van der Waals surface area contributed by atoms with Crippen molar-refractivity contribution in [2.24, 2.45) is 0 Å². The molecule has 1 aromatic heterocycles. The first-order chi connectivity index (χ1) is 11.9. The van der Waals surface area contributed by atoms with E-state index < -0.39 is 10.0 Å². The van der Waals surface area contributed by atoms with Gasteiger partial charge < -0.3 is 14.0 Å². The highest BCUT2D eigenvalue weighted by Crippen LogP contribution is 2.38. The van der Waals surface area contributed by atoms with Gasteiger partial charge in [0.15, 0.2) is 0 Å². The van der Waals surface area contributed by atoms with Crippen molar-refractivity contribution in [2.75, 3.05) is 14.2 Å². The standard InChI is InChI=1S/C18H24N2O4S/c1-12-9-14(13(2)20(12)15-5-6-15)11-19-25(21,22)18-10-16(23-3)7-8-17(18)24-4/h7-10,15,19H,5-6,11H2,1-4H3. The molecule has 1 aliphatic carbocycles. The average molecular weight is 364 g/mol. The summed E-state index contributed by atoms with van der Waals surface area (Å²) in [6.45, 7) is 4.35. The van der Waals surface area contributed by atoms with Crippen molar-refractivity contribution in [3.8, 4) is 11.5 Å². The smallest absolute Gasteiger partial charge is 0.244 e. The number of nitrogens with one attached hydrogen (secondary N) is 1. The zero-order valence-electron chi connectivity index (χ0n) is 15.0. The Kier molecular flexibility index (Phi) is 4.79. The molecule has 136 valence electrons. The summed E-state index contributed by atoms with van der Waals surface area (Å²) in [4.78, 5) is 0.0744. The summed E-state index contributed by atoms with van der Waals surface area (Å²) in [5, 5.41) is 0. The van der Waals surface area contributed by atoms with Crippen molar-refractivity contribution in [1.29, 1.82) is 0 Å². The van der Waals surface area contributed by atoms with Crippen LogP contribution in [0.2, 0.25) is 0 Å². The lowest BCUT2D eigenvalue weighted by molar-refractivity contribution is 0.392. The predicted octanol–water partition coefficient (Wildman–Crippen LogP) is 2.94. The molecule has 3 rings (SSSR count). The molecular weight excluding hydrogens is 340 g/mol. The van der Waals surface area contributed by atoms with E-state index in [4.69, 9.17) is 9.47 Å². The summed E-state index contributed by atoms with van der Waals surface area (Å²) in [6.07, 6.45) is 2.39. The van der Waals surface area contributed by atoms with Gasteiger partial charge >= 0.3 is 0 Å². The number of aryl methyl sites for hydroxylation is 1. The molecule has 1 aliphatic rings. The van der Waals surface area contributed by atoms with E-state index in [1.165, 1.54) is 38.8 Å². The van der Waals surface area contributed by atoms with Crippen LogP contribution in [0.1, 0.15) is 35.8 Å². The molecule has 6 nitrogen and oxygen atoms in total. The molecule has 2 aromatic rings. The van der Waals surface area contributed by atoms with E-state index in [2.05, 4.69) is 22.3 Å². The number of ether oxygens (including phenoxy) is 2. The van der Waals surface area contributed by atoms with Gasteiger partial charge in [0.25, 0.3) is 0 Å². The summed E-state index contributed by atoms with van der Waals surface area (Å²) >= 11 is 0. The fourth-order valence-electron chi connectivity index (χ4n) is 3.16. The van der Waals surface area contributed by atoms with Crippen molar-refractivity contribution in [3.05, 3.63) is 41.2 Å². The first-order valence-corrected chi connectivity index (χ1v) is 9.74. The zero-order valence-corrected chi connectivity index (χ0v) is 15.8. The minimum atomic E-state index is -3.72. The molecular formula is C18H24N2O4S. The minimum Gasteiger partial charge on any atom is -0.497 e. The Hall–Kier alpha value is -1.99. The molecule has 0 bridgehead atoms. The number of rotatable bonds is 7. The van der Waals surface area contributed by atoms with Gasteiger partial charge in [-0.2, -0.15) is 0 Å². The minimum absolute atomic E-state index is 0.0744. The van der Waals surface area contributed by atoms with Gasteiger partial charge in [-0.15, -0.1) is 0 Å². The molecule has 0 aliphatic heterocycles. The number of benzene rings is 1. The second kappa shape index (κ2) is 6.72. The molecule has 1 aromatic carbocycles. The van der Waals surface area contributed by atoms with E-state index in [-0.39, 0.29) is 17.2 Å². The molecule has 1 N–H and O–H groups in total. The molecule has 0 radical (unpaired) electrons. The molecule has 1 fully saturated rings. The maximum Gasteiger partial charge on any atom is 0.244 e. The molecule has 0 atom stereocenters. The van der Waals surface area contributed by atoms with Gasteiger partial charge in [0.2, 0.25) is 10.0 Å². The maximum atomic E-state index is 12.7. The normalized spacial score (nSPS) is 14.6. The summed E-state index contributed by atoms with van der Waals surface area (Å²) in [7, 11) is -0.776. The van der Waals surface area contributed by atoms with Crippen LogP contribution in [0.5, 0.6) is 11.5 Å². The van der Waals surface area contributed by atoms with Crippen LogP contribution in [0, 0.1) is 13.8 Å². The van der Waals surface area contributed by atoms with Crippen LogP contribution in [-0.2, 0) is 16.6 Å². The molecule has 1 saturated carbocycles. The summed E-state index contributed by atoms with van der Waals surface area (Å²) in [6, 6.07) is 7.35. The molecule has 0 spiro atoms. The highest BCUT2D eigenvalue weighted by Gasteiger charge is 2.27. The Balaban J connectivity index is 1.84. The van der Waals surface area contributed by atoms with Crippen molar-refractivity contribution in [1.82, 2.24) is 9.29 Å². The number of nitrogens with zero attached hydrogens (tertiary/aromatic N) is 1. The number of aromatic nitrogens is 1. The van der Waals surface area contributed by atoms with E-state index in [1.807, 2.05) is 6.92 Å². The number of sulfonamides is 1. The quantitative estimate of drug-likeness (QED) is 0.820. The third kappa shape index (κ3) is 3.52. The van der Waals surface area contributed by atoms with Gasteiger partial charge in [0, 0.05) is 30.0 Å². The Morgan fingerprint density at radius 1 is 1.16 bits per heavy atom. The molecule has 25 heavy (non-hydrogen) atoms. The molecule has 0 unspecified atom stereocenters. The van der Waals surface area contributed by atoms with Crippen molar-refractivity contribution in [2.45, 2.75) is 44.2 Å². The van der Waals surface area contributed by atoms with Gasteiger partial charge in [-0.3, -0.25) is 0 Å². The van der Waals surface area contributed by atoms with Gasteiger partial charge in [0.1, 0.15) is 16.4 Å². The fraction of sp³-hybridized carbons (Fsp3) is 0.444. The summed E-state index contributed by atoms with van der Waals surface area (Å²) in [5.74, 6) is 0.754. The number of hydrogen-bond acceptors (Lipinski definition) is 4. The van der Waals surface area contributed by atoms with Gasteiger partial charge in [0.05, 0.1) is 14.2 Å². The van der Waals surface area contributed by atoms with Crippen LogP contribution in [0.15, 0.2) is 29.2 Å². The largest absolute Gasteiger partial charge is 0.497 e. The molecule has 0 saturated heterocycles. The van der Waals surface area contributed by atoms with Crippen LogP contribution in [0.3, 0.4) is 0 Å². The van der Waals surface area contributed by atoms with Crippen molar-refractivity contribution in [3.63, 3.8) is 0 Å². The van der Waals surface area contributed by atoms with E-state index in [1.54, 1.807) is 12.1 Å². The van der Waals surface area contributed by atoms with Crippen LogP contribution in [0.25, 0.3) is 0 Å². The van der Waals surface area contributed by atoms with Crippen molar-refractivity contribution >= 4 is 10.0 Å². The first-order valence-electron chi connectivity index (χ1n) is 8.26. The third-order valence-electron chi connectivity index (χ3n) is 4.61. The Morgan fingerprint density at radius 3 is 2.48 bits per heavy atom. The topological polar surface area (TPSA) is 69.6 Å². The molecule has 1 heterocycles. The van der Waals surface area contributed by atoms with E-state index in [9.17, 15) is 8.42 Å². The maximum absolute atomic E-state index is 12.7. The van der Waals surface area contributed by atoms with E-state index in [0.717, 1.165) is 11.3 Å². The number of hydrogen-bond donors (Lipinski definition) is 1. The SMILES string of the molecule is COc1ccc(OC)c(S(=O)(=O)NCc2cc(C)n(C3CC3)c2C)c1. The highest BCUT2D eigenvalue weighted by atomic mass is 32.2. The Morgan fingerprint density at radius 2 is 1.88 bits per heavy atom. The van der Waals surface area contributed by atoms with Crippen LogP contribution < -0.4 is 14.2 Å². The lowest BCUT2D eigenvalue weighted by Gasteiger charge is -2.12. The Labute approximate surface area is 148 Å². The van der Waals surface area contributed by atoms with Gasteiger partial charge in [-0.25, -0.2) is 13.1 Å². The lowest BCUT2D eigenvalue weighted by atomic mass is 10.2. The Bertz CT molecular complexity index is 883. The second-order valence-corrected chi connectivity index (χ2v) is 8.07. The van der Waals surface area contributed by atoms with Gasteiger partial charge in [-0.05, 0) is 50.5 Å². The highest BCUT2D eigenvalue weighted by molar-refractivity contribution is 7.89. The van der Waals surface area contributed by atoms with E-state index >= 15 is 0 Å². The van der Waals surface area contributed by atoms with Crippen LogP contribution in [0.4, 0.5) is 0 Å². The van der Waals surface area contributed by atoms with E-state index in [0.29, 0.717) is 11.8 Å². The fourth-order valence-corrected chi connectivity index (χ4v) is 4.35. The monoisotopic (exact) mass is 364 g/mol. The zero-order chi connectivity index (χ0) is 18.2. The predicted molar refractivity (Wildman–Crippen MR) is 95.7 cm³/mol. The molecule has 0 amide bonds. The summed E-state index contributed by atoms with van der Waals surface area (Å²) in [5.41, 5.74) is 3.29. The average Bonchev–Trinajstić information content (AvgIpc) is 3.38. The third-order valence-corrected chi connectivity index (χ3v) is 6.04. The first kappa shape index (κ1) is 17.8. The lowest BCUT2D eigenvalue weighted by Crippen LogP contribution is -2.24.